The first-order valence-corrected chi connectivity index (χ1v) is 5.89. The Bertz CT molecular complexity index is 395. The number of nitriles is 1. The Morgan fingerprint density at radius 1 is 1.50 bits per heavy atom. The van der Waals surface area contributed by atoms with Crippen molar-refractivity contribution in [1.29, 1.82) is 5.26 Å². The van der Waals surface area contributed by atoms with Crippen LogP contribution in [-0.2, 0) is 5.88 Å². The molecule has 1 rings (SSSR count). The average Bonchev–Trinajstić information content (AvgIpc) is 2.28. The third kappa shape index (κ3) is 2.90. The number of hydrogen-bond donors (Lipinski definition) is 0. The van der Waals surface area contributed by atoms with Gasteiger partial charge in [0.2, 0.25) is 0 Å². The molecule has 0 N–H and O–H groups in total. The first-order chi connectivity index (χ1) is 7.60. The number of benzene rings is 1. The Balaban J connectivity index is 2.92. The van der Waals surface area contributed by atoms with Crippen LogP contribution >= 0.6 is 11.6 Å². The fourth-order valence-corrected chi connectivity index (χ4v) is 1.87. The van der Waals surface area contributed by atoms with E-state index in [1.54, 1.807) is 0 Å². The predicted molar refractivity (Wildman–Crippen MR) is 68.8 cm³/mol. The van der Waals surface area contributed by atoms with Crippen LogP contribution in [0.2, 0.25) is 0 Å². The summed E-state index contributed by atoms with van der Waals surface area (Å²) in [5, 5.41) is 8.69. The van der Waals surface area contributed by atoms with Crippen LogP contribution in [-0.4, -0.2) is 13.1 Å². The van der Waals surface area contributed by atoms with Crippen LogP contribution in [0.25, 0.3) is 0 Å². The van der Waals surface area contributed by atoms with E-state index in [2.05, 4.69) is 36.9 Å². The maximum absolute atomic E-state index is 8.69. The SMILES string of the molecule is Cc1cc(CCl)ccc1N(C)C(C)CC#N. The van der Waals surface area contributed by atoms with Gasteiger partial charge in [0.1, 0.15) is 0 Å². The molecule has 0 saturated heterocycles. The first-order valence-electron chi connectivity index (χ1n) is 5.35. The van der Waals surface area contributed by atoms with Gasteiger partial charge < -0.3 is 4.90 Å². The Morgan fingerprint density at radius 2 is 2.19 bits per heavy atom. The normalized spacial score (nSPS) is 11.9. The molecule has 1 aromatic carbocycles. The Hall–Kier alpha value is -1.20. The highest BCUT2D eigenvalue weighted by molar-refractivity contribution is 6.17. The van der Waals surface area contributed by atoms with Gasteiger partial charge in [-0.25, -0.2) is 0 Å². The summed E-state index contributed by atoms with van der Waals surface area (Å²) in [5.74, 6) is 0.540. The van der Waals surface area contributed by atoms with Gasteiger partial charge in [0.05, 0.1) is 12.5 Å². The maximum Gasteiger partial charge on any atom is 0.0643 e. The molecule has 3 heteroatoms. The van der Waals surface area contributed by atoms with Crippen LogP contribution in [0.15, 0.2) is 18.2 Å². The highest BCUT2D eigenvalue weighted by atomic mass is 35.5. The minimum atomic E-state index is 0.227. The Kier molecular flexibility index (Phi) is 4.64. The molecule has 0 saturated carbocycles. The summed E-state index contributed by atoms with van der Waals surface area (Å²) in [5.41, 5.74) is 3.49. The van der Waals surface area contributed by atoms with E-state index in [0.29, 0.717) is 12.3 Å². The van der Waals surface area contributed by atoms with E-state index in [-0.39, 0.29) is 6.04 Å². The number of anilines is 1. The monoisotopic (exact) mass is 236 g/mol. The molecular weight excluding hydrogens is 220 g/mol. The number of nitrogens with zero attached hydrogens (tertiary/aromatic N) is 2. The summed E-state index contributed by atoms with van der Waals surface area (Å²) in [7, 11) is 2.02. The van der Waals surface area contributed by atoms with Crippen LogP contribution in [0.4, 0.5) is 5.69 Å². The molecule has 0 amide bonds. The summed E-state index contributed by atoms with van der Waals surface area (Å²) in [6.07, 6.45) is 0.535. The van der Waals surface area contributed by atoms with Crippen molar-refractivity contribution >= 4 is 17.3 Å². The van der Waals surface area contributed by atoms with Gasteiger partial charge in [-0.05, 0) is 31.0 Å². The van der Waals surface area contributed by atoms with Crippen LogP contribution in [0.5, 0.6) is 0 Å². The molecule has 0 heterocycles. The van der Waals surface area contributed by atoms with Crippen molar-refractivity contribution in [1.82, 2.24) is 0 Å². The van der Waals surface area contributed by atoms with Crippen molar-refractivity contribution in [2.75, 3.05) is 11.9 Å². The van der Waals surface area contributed by atoms with Gasteiger partial charge in [0, 0.05) is 24.7 Å². The largest absolute Gasteiger partial charge is 0.371 e. The summed E-state index contributed by atoms with van der Waals surface area (Å²) in [6, 6.07) is 8.62. The molecule has 1 atom stereocenters. The molecule has 0 aliphatic heterocycles. The van der Waals surface area contributed by atoms with Crippen LogP contribution in [0.3, 0.4) is 0 Å². The summed E-state index contributed by atoms with van der Waals surface area (Å²) >= 11 is 5.79. The van der Waals surface area contributed by atoms with E-state index < -0.39 is 0 Å². The summed E-state index contributed by atoms with van der Waals surface area (Å²) in [6.45, 7) is 4.12. The van der Waals surface area contributed by atoms with Crippen molar-refractivity contribution < 1.29 is 0 Å². The van der Waals surface area contributed by atoms with Crippen LogP contribution < -0.4 is 4.90 Å². The van der Waals surface area contributed by atoms with Crippen molar-refractivity contribution in [2.24, 2.45) is 0 Å². The Labute approximate surface area is 102 Å². The lowest BCUT2D eigenvalue weighted by atomic mass is 10.1. The molecule has 2 nitrogen and oxygen atoms in total. The van der Waals surface area contributed by atoms with Crippen molar-refractivity contribution in [3.05, 3.63) is 29.3 Å². The highest BCUT2D eigenvalue weighted by Crippen LogP contribution is 2.23. The predicted octanol–water partition coefficient (Wildman–Crippen LogP) is 3.47. The maximum atomic E-state index is 8.69. The molecule has 86 valence electrons. The average molecular weight is 237 g/mol. The molecule has 0 fully saturated rings. The van der Waals surface area contributed by atoms with Crippen molar-refractivity contribution in [3.63, 3.8) is 0 Å². The second-order valence-corrected chi connectivity index (χ2v) is 4.34. The molecular formula is C13H17ClN2. The van der Waals surface area contributed by atoms with Gasteiger partial charge in [-0.1, -0.05) is 12.1 Å². The van der Waals surface area contributed by atoms with Gasteiger partial charge in [-0.15, -0.1) is 11.6 Å². The smallest absolute Gasteiger partial charge is 0.0643 e. The zero-order valence-electron chi connectivity index (χ0n) is 10.00. The third-order valence-electron chi connectivity index (χ3n) is 2.84. The van der Waals surface area contributed by atoms with Gasteiger partial charge in [0.25, 0.3) is 0 Å². The molecule has 16 heavy (non-hydrogen) atoms. The fourth-order valence-electron chi connectivity index (χ4n) is 1.70. The number of halogens is 1. The molecule has 0 aromatic heterocycles. The lowest BCUT2D eigenvalue weighted by Gasteiger charge is -2.27. The molecule has 0 aliphatic rings. The molecule has 0 bridgehead atoms. The molecule has 1 aromatic rings. The van der Waals surface area contributed by atoms with Gasteiger partial charge in [-0.2, -0.15) is 5.26 Å². The van der Waals surface area contributed by atoms with Gasteiger partial charge in [-0.3, -0.25) is 0 Å². The van der Waals surface area contributed by atoms with Gasteiger partial charge in [0.15, 0.2) is 0 Å². The lowest BCUT2D eigenvalue weighted by molar-refractivity contribution is 0.701. The second kappa shape index (κ2) is 5.77. The third-order valence-corrected chi connectivity index (χ3v) is 3.15. The molecule has 1 unspecified atom stereocenters. The van der Waals surface area contributed by atoms with E-state index in [9.17, 15) is 0 Å². The number of aryl methyl sites for hydroxylation is 1. The molecule has 0 radical (unpaired) electrons. The van der Waals surface area contributed by atoms with Crippen LogP contribution in [0, 0.1) is 18.3 Å². The quantitative estimate of drug-likeness (QED) is 0.749. The fraction of sp³-hybridized carbons (Fsp3) is 0.462. The number of alkyl halides is 1. The summed E-state index contributed by atoms with van der Waals surface area (Å²) in [4.78, 5) is 2.14. The minimum absolute atomic E-state index is 0.227. The van der Waals surface area contributed by atoms with Gasteiger partial charge >= 0.3 is 0 Å². The number of rotatable bonds is 4. The van der Waals surface area contributed by atoms with E-state index in [1.807, 2.05) is 13.1 Å². The van der Waals surface area contributed by atoms with Crippen molar-refractivity contribution in [3.8, 4) is 6.07 Å². The van der Waals surface area contributed by atoms with Crippen molar-refractivity contribution in [2.45, 2.75) is 32.2 Å². The second-order valence-electron chi connectivity index (χ2n) is 4.08. The molecule has 0 spiro atoms. The minimum Gasteiger partial charge on any atom is -0.371 e. The van der Waals surface area contributed by atoms with E-state index in [1.165, 1.54) is 5.56 Å². The van der Waals surface area contributed by atoms with E-state index in [0.717, 1.165) is 11.3 Å². The first kappa shape index (κ1) is 12.9. The zero-order chi connectivity index (χ0) is 12.1. The van der Waals surface area contributed by atoms with E-state index >= 15 is 0 Å². The van der Waals surface area contributed by atoms with Crippen LogP contribution in [0.1, 0.15) is 24.5 Å². The van der Waals surface area contributed by atoms with E-state index in [4.69, 9.17) is 16.9 Å². The lowest BCUT2D eigenvalue weighted by Crippen LogP contribution is -2.28. The topological polar surface area (TPSA) is 27.0 Å². The summed E-state index contributed by atoms with van der Waals surface area (Å²) < 4.78 is 0. The molecule has 0 aliphatic carbocycles. The standard InChI is InChI=1S/C13H17ClN2/c1-10-8-12(9-14)4-5-13(10)16(3)11(2)6-7-15/h4-5,8,11H,6,9H2,1-3H3. The zero-order valence-corrected chi connectivity index (χ0v) is 10.8. The highest BCUT2D eigenvalue weighted by Gasteiger charge is 2.11. The Morgan fingerprint density at radius 3 is 2.69 bits per heavy atom. The number of hydrogen-bond acceptors (Lipinski definition) is 2.